The molecule has 0 atom stereocenters. The van der Waals surface area contributed by atoms with Crippen LogP contribution in [0.5, 0.6) is 0 Å². The van der Waals surface area contributed by atoms with Crippen molar-refractivity contribution >= 4 is 27.4 Å². The van der Waals surface area contributed by atoms with Gasteiger partial charge in [-0.3, -0.25) is 14.5 Å². The fourth-order valence-corrected chi connectivity index (χ4v) is 4.89. The molecule has 0 aromatic heterocycles. The Hall–Kier alpha value is -2.55. The molecule has 7 nitrogen and oxygen atoms in total. The summed E-state index contributed by atoms with van der Waals surface area (Å²) < 4.78 is 26.1. The van der Waals surface area contributed by atoms with Crippen LogP contribution in [0.4, 0.5) is 5.69 Å². The lowest BCUT2D eigenvalue weighted by Gasteiger charge is -2.30. The van der Waals surface area contributed by atoms with Gasteiger partial charge in [-0.2, -0.15) is 0 Å². The first kappa shape index (κ1) is 23.1. The Bertz CT molecular complexity index is 1040. The first-order valence-corrected chi connectivity index (χ1v) is 11.8. The van der Waals surface area contributed by atoms with Gasteiger partial charge < -0.3 is 5.32 Å². The van der Waals surface area contributed by atoms with Crippen LogP contribution in [0, 0.1) is 12.8 Å². The Morgan fingerprint density at radius 1 is 1.06 bits per heavy atom. The number of likely N-dealkylation sites (tertiary alicyclic amines) is 1. The van der Waals surface area contributed by atoms with Crippen LogP contribution in [0.15, 0.2) is 53.4 Å². The van der Waals surface area contributed by atoms with E-state index in [4.69, 9.17) is 0 Å². The van der Waals surface area contributed by atoms with E-state index in [1.54, 1.807) is 19.1 Å². The maximum absolute atomic E-state index is 12.6. The highest BCUT2D eigenvalue weighted by Crippen LogP contribution is 2.24. The molecule has 0 unspecified atom stereocenters. The fourth-order valence-electron chi connectivity index (χ4n) is 3.75. The molecule has 2 aromatic rings. The lowest BCUT2D eigenvalue weighted by molar-refractivity contribution is -0.117. The second-order valence-corrected chi connectivity index (χ2v) is 10.2. The van der Waals surface area contributed by atoms with E-state index in [0.717, 1.165) is 22.7 Å². The van der Waals surface area contributed by atoms with Gasteiger partial charge in [0, 0.05) is 31.3 Å². The van der Waals surface area contributed by atoms with Gasteiger partial charge in [0.05, 0.1) is 11.4 Å². The number of amides is 1. The summed E-state index contributed by atoms with van der Waals surface area (Å²) in [6, 6.07) is 14.2. The number of rotatable bonds is 7. The molecule has 0 aliphatic carbocycles. The Morgan fingerprint density at radius 2 is 1.71 bits per heavy atom. The molecule has 3 rings (SSSR count). The molecule has 1 fully saturated rings. The second-order valence-electron chi connectivity index (χ2n) is 8.10. The Balaban J connectivity index is 1.56. The summed E-state index contributed by atoms with van der Waals surface area (Å²) in [6.45, 7) is 3.27. The van der Waals surface area contributed by atoms with Crippen molar-refractivity contribution in [2.24, 2.45) is 5.92 Å². The van der Waals surface area contributed by atoms with Crippen LogP contribution in [0.3, 0.4) is 0 Å². The van der Waals surface area contributed by atoms with Crippen molar-refractivity contribution in [3.8, 4) is 0 Å². The van der Waals surface area contributed by atoms with E-state index in [0.29, 0.717) is 24.3 Å². The summed E-state index contributed by atoms with van der Waals surface area (Å²) in [4.78, 5) is 27.3. The predicted octanol–water partition coefficient (Wildman–Crippen LogP) is 2.78. The molecule has 1 saturated heterocycles. The summed E-state index contributed by atoms with van der Waals surface area (Å²) >= 11 is 0. The minimum atomic E-state index is -3.59. The Labute approximate surface area is 184 Å². The lowest BCUT2D eigenvalue weighted by atomic mass is 9.89. The van der Waals surface area contributed by atoms with Gasteiger partial charge in [-0.15, -0.1) is 0 Å². The van der Waals surface area contributed by atoms with Crippen molar-refractivity contribution in [3.63, 3.8) is 0 Å². The number of benzene rings is 2. The molecule has 8 heteroatoms. The number of Topliss-reactive ketones (excluding diaryl/α,β-unsaturated/α-hetero) is 1. The number of aryl methyl sites for hydroxylation is 1. The molecule has 0 spiro atoms. The molecule has 2 aromatic carbocycles. The third-order valence-electron chi connectivity index (χ3n) is 5.61. The highest BCUT2D eigenvalue weighted by Gasteiger charge is 2.27. The van der Waals surface area contributed by atoms with Crippen molar-refractivity contribution in [2.75, 3.05) is 39.0 Å². The van der Waals surface area contributed by atoms with Crippen LogP contribution in [0.25, 0.3) is 0 Å². The van der Waals surface area contributed by atoms with E-state index < -0.39 is 10.0 Å². The first-order valence-electron chi connectivity index (χ1n) is 10.3. The average molecular weight is 444 g/mol. The largest absolute Gasteiger partial charge is 0.325 e. The zero-order chi connectivity index (χ0) is 22.6. The smallest absolute Gasteiger partial charge is 0.242 e. The number of hydrogen-bond acceptors (Lipinski definition) is 5. The number of anilines is 1. The third kappa shape index (κ3) is 5.58. The molecule has 0 bridgehead atoms. The van der Waals surface area contributed by atoms with E-state index in [9.17, 15) is 18.0 Å². The number of hydrogen-bond donors (Lipinski definition) is 1. The summed E-state index contributed by atoms with van der Waals surface area (Å²) in [5.41, 5.74) is 1.81. The zero-order valence-electron chi connectivity index (χ0n) is 18.2. The molecule has 1 aliphatic heterocycles. The van der Waals surface area contributed by atoms with Gasteiger partial charge in [0.1, 0.15) is 0 Å². The van der Waals surface area contributed by atoms with Gasteiger partial charge in [0.2, 0.25) is 15.9 Å². The molecular weight excluding hydrogens is 414 g/mol. The summed E-state index contributed by atoms with van der Waals surface area (Å²) in [6.07, 6.45) is 1.44. The quantitative estimate of drug-likeness (QED) is 0.665. The molecule has 0 saturated carbocycles. The molecule has 1 amide bonds. The van der Waals surface area contributed by atoms with Crippen LogP contribution in [0.1, 0.15) is 28.8 Å². The summed E-state index contributed by atoms with van der Waals surface area (Å²) in [5, 5.41) is 2.80. The van der Waals surface area contributed by atoms with Gasteiger partial charge in [-0.1, -0.05) is 36.4 Å². The van der Waals surface area contributed by atoms with Crippen LogP contribution in [-0.4, -0.2) is 63.0 Å². The zero-order valence-corrected chi connectivity index (χ0v) is 19.0. The molecule has 166 valence electrons. The fraction of sp³-hybridized carbons (Fsp3) is 0.391. The van der Waals surface area contributed by atoms with Gasteiger partial charge in [0.25, 0.3) is 0 Å². The normalized spacial score (nSPS) is 15.7. The highest BCUT2D eigenvalue weighted by atomic mass is 32.2. The number of piperidine rings is 1. The third-order valence-corrected chi connectivity index (χ3v) is 7.57. The van der Waals surface area contributed by atoms with Crippen molar-refractivity contribution in [1.29, 1.82) is 0 Å². The molecule has 1 heterocycles. The number of nitrogens with zero attached hydrogens (tertiary/aromatic N) is 2. The van der Waals surface area contributed by atoms with Crippen LogP contribution >= 0.6 is 0 Å². The highest BCUT2D eigenvalue weighted by molar-refractivity contribution is 7.89. The molecule has 31 heavy (non-hydrogen) atoms. The van der Waals surface area contributed by atoms with Crippen molar-refractivity contribution in [2.45, 2.75) is 24.7 Å². The van der Waals surface area contributed by atoms with Crippen LogP contribution in [-0.2, 0) is 14.8 Å². The number of nitrogens with one attached hydrogen (secondary N) is 1. The summed E-state index contributed by atoms with van der Waals surface area (Å²) in [7, 11) is -0.634. The minimum Gasteiger partial charge on any atom is -0.325 e. The maximum Gasteiger partial charge on any atom is 0.242 e. The van der Waals surface area contributed by atoms with Gasteiger partial charge in [-0.25, -0.2) is 12.7 Å². The summed E-state index contributed by atoms with van der Waals surface area (Å²) in [5.74, 6) is -0.0542. The van der Waals surface area contributed by atoms with Gasteiger partial charge in [0.15, 0.2) is 5.78 Å². The van der Waals surface area contributed by atoms with Crippen molar-refractivity contribution in [3.05, 3.63) is 59.7 Å². The number of carbonyl (C=O) groups is 2. The number of sulfonamides is 1. The number of ketones is 1. The van der Waals surface area contributed by atoms with Gasteiger partial charge in [-0.05, 0) is 50.6 Å². The van der Waals surface area contributed by atoms with Gasteiger partial charge >= 0.3 is 0 Å². The van der Waals surface area contributed by atoms with E-state index in [2.05, 4.69) is 5.32 Å². The standard InChI is InChI=1S/C23H29N3O4S/c1-17-9-10-20(15-21(17)31(29,30)25(2)3)24-22(27)16-26-13-11-19(12-14-26)23(28)18-7-5-4-6-8-18/h4-10,15,19H,11-14,16H2,1-3H3,(H,24,27). The van der Waals surface area contributed by atoms with E-state index in [1.165, 1.54) is 20.2 Å². The average Bonchev–Trinajstić information content (AvgIpc) is 2.75. The molecular formula is C23H29N3O4S. The van der Waals surface area contributed by atoms with E-state index in [1.807, 2.05) is 35.2 Å². The van der Waals surface area contributed by atoms with E-state index >= 15 is 0 Å². The van der Waals surface area contributed by atoms with Crippen molar-refractivity contribution in [1.82, 2.24) is 9.21 Å². The first-order chi connectivity index (χ1) is 14.7. The second kappa shape index (κ2) is 9.72. The molecule has 0 radical (unpaired) electrons. The molecule has 1 N–H and O–H groups in total. The minimum absolute atomic E-state index is 0.0161. The Kier molecular flexibility index (Phi) is 7.25. The number of carbonyl (C=O) groups excluding carboxylic acids is 2. The monoisotopic (exact) mass is 443 g/mol. The maximum atomic E-state index is 12.6. The predicted molar refractivity (Wildman–Crippen MR) is 121 cm³/mol. The van der Waals surface area contributed by atoms with Crippen LogP contribution < -0.4 is 5.32 Å². The molecule has 1 aliphatic rings. The lowest BCUT2D eigenvalue weighted by Crippen LogP contribution is -2.40. The SMILES string of the molecule is Cc1ccc(NC(=O)CN2CCC(C(=O)c3ccccc3)CC2)cc1S(=O)(=O)N(C)C. The van der Waals surface area contributed by atoms with E-state index in [-0.39, 0.29) is 29.0 Å². The Morgan fingerprint density at radius 3 is 2.32 bits per heavy atom. The topological polar surface area (TPSA) is 86.8 Å². The van der Waals surface area contributed by atoms with Crippen LogP contribution in [0.2, 0.25) is 0 Å². The van der Waals surface area contributed by atoms with Crippen molar-refractivity contribution < 1.29 is 18.0 Å².